The lowest BCUT2D eigenvalue weighted by molar-refractivity contribution is 0.102. The number of fused-ring (bicyclic) bond motifs is 1. The van der Waals surface area contributed by atoms with Gasteiger partial charge in [0.2, 0.25) is 0 Å². The van der Waals surface area contributed by atoms with Gasteiger partial charge >= 0.3 is 7.60 Å². The molecule has 202 valence electrons. The maximum absolute atomic E-state index is 12.9. The van der Waals surface area contributed by atoms with Crippen LogP contribution in [-0.4, -0.2) is 56.7 Å². The summed E-state index contributed by atoms with van der Waals surface area (Å²) < 4.78 is 49.7. The Balaban J connectivity index is 1.77. The molecule has 0 radical (unpaired) electrons. The summed E-state index contributed by atoms with van der Waals surface area (Å²) in [6.07, 6.45) is 0.295. The number of rotatable bonds is 14. The van der Waals surface area contributed by atoms with Gasteiger partial charge < -0.3 is 36.0 Å². The highest BCUT2D eigenvalue weighted by Crippen LogP contribution is 2.35. The van der Waals surface area contributed by atoms with Crippen LogP contribution in [0.3, 0.4) is 0 Å². The monoisotopic (exact) mass is 572 g/mol. The van der Waals surface area contributed by atoms with Crippen molar-refractivity contribution in [2.24, 2.45) is 11.5 Å². The fraction of sp³-hybridized carbons (Fsp3) is 0.318. The molecule has 1 heterocycles. The Hall–Kier alpha value is -2.55. The molecule has 3 aromatic rings. The summed E-state index contributed by atoms with van der Waals surface area (Å²) in [6.45, 7) is 1.70. The van der Waals surface area contributed by atoms with Gasteiger partial charge in [0.05, 0.1) is 13.2 Å². The first kappa shape index (κ1) is 29.0. The van der Waals surface area contributed by atoms with Gasteiger partial charge in [0.25, 0.3) is 15.9 Å². The first-order chi connectivity index (χ1) is 17.5. The number of nitrogens with one attached hydrogen (secondary N) is 2. The summed E-state index contributed by atoms with van der Waals surface area (Å²) in [7, 11) is -8.67. The van der Waals surface area contributed by atoms with E-state index in [0.717, 1.165) is 11.3 Å². The maximum atomic E-state index is 12.9. The van der Waals surface area contributed by atoms with E-state index >= 15 is 0 Å². The van der Waals surface area contributed by atoms with E-state index in [1.807, 2.05) is 4.72 Å². The van der Waals surface area contributed by atoms with E-state index in [0.29, 0.717) is 72.0 Å². The molecular formula is C22H29N4O8PS2. The first-order valence-corrected chi connectivity index (χ1v) is 15.3. The molecule has 0 aliphatic heterocycles. The fourth-order valence-electron chi connectivity index (χ4n) is 3.08. The molecule has 3 rings (SSSR count). The standard InChI is InChI=1S/C22H29N4O8PS2/c23-7-1-9-33-18-5-3-15(12-19(18)34-10-2-8-24)22(27)26-17-4-6-20-16(11-17)13-21(36-20)37(31,32)25-14-35(28,29)30/h3-6,11-13,25H,1-2,7-10,14,23-24H2,(H,26,27)(H2,28,29,30). The molecule has 1 amide bonds. The van der Waals surface area contributed by atoms with Gasteiger partial charge in [-0.2, -0.15) is 4.72 Å². The predicted molar refractivity (Wildman–Crippen MR) is 142 cm³/mol. The Morgan fingerprint density at radius 1 is 0.973 bits per heavy atom. The summed E-state index contributed by atoms with van der Waals surface area (Å²) in [5.41, 5.74) is 11.8. The highest BCUT2D eigenvalue weighted by atomic mass is 32.2. The minimum atomic E-state index is -4.55. The van der Waals surface area contributed by atoms with Gasteiger partial charge in [-0.15, -0.1) is 11.3 Å². The molecule has 12 nitrogen and oxygen atoms in total. The molecule has 0 bridgehead atoms. The average molecular weight is 573 g/mol. The summed E-state index contributed by atoms with van der Waals surface area (Å²) in [6, 6.07) is 11.1. The second-order valence-corrected chi connectivity index (χ2v) is 12.6. The lowest BCUT2D eigenvalue weighted by Crippen LogP contribution is -2.23. The molecule has 2 aromatic carbocycles. The number of ether oxygens (including phenoxy) is 2. The Kier molecular flexibility index (Phi) is 10.0. The highest BCUT2D eigenvalue weighted by Gasteiger charge is 2.22. The van der Waals surface area contributed by atoms with Crippen LogP contribution in [-0.2, 0) is 14.6 Å². The van der Waals surface area contributed by atoms with Gasteiger partial charge in [-0.1, -0.05) is 0 Å². The fourth-order valence-corrected chi connectivity index (χ4v) is 6.52. The molecule has 0 unspecified atom stereocenters. The lowest BCUT2D eigenvalue weighted by Gasteiger charge is -2.14. The van der Waals surface area contributed by atoms with Gasteiger partial charge in [-0.25, -0.2) is 8.42 Å². The Morgan fingerprint density at radius 2 is 1.65 bits per heavy atom. The summed E-state index contributed by atoms with van der Waals surface area (Å²) >= 11 is 0.936. The quantitative estimate of drug-likeness (QED) is 0.122. The predicted octanol–water partition coefficient (Wildman–Crippen LogP) is 2.02. The number of sulfonamides is 1. The van der Waals surface area contributed by atoms with Crippen LogP contribution in [0.4, 0.5) is 5.69 Å². The van der Waals surface area contributed by atoms with Crippen LogP contribution in [0.15, 0.2) is 46.7 Å². The molecule has 0 saturated heterocycles. The molecule has 0 aliphatic rings. The van der Waals surface area contributed by atoms with Crippen molar-refractivity contribution in [3.05, 3.63) is 48.0 Å². The summed E-state index contributed by atoms with van der Waals surface area (Å²) in [4.78, 5) is 30.8. The van der Waals surface area contributed by atoms with Gasteiger partial charge in [0.1, 0.15) is 10.5 Å². The molecule has 0 atom stereocenters. The zero-order valence-corrected chi connectivity index (χ0v) is 22.3. The zero-order valence-electron chi connectivity index (χ0n) is 19.8. The molecule has 37 heavy (non-hydrogen) atoms. The van der Waals surface area contributed by atoms with E-state index < -0.39 is 29.8 Å². The SMILES string of the molecule is NCCCOc1ccc(C(=O)Nc2ccc3sc(S(=O)(=O)NCP(=O)(O)O)cc3c2)cc1OCCCN. The van der Waals surface area contributed by atoms with Crippen LogP contribution in [0, 0.1) is 0 Å². The van der Waals surface area contributed by atoms with Gasteiger partial charge in [-0.05, 0) is 73.8 Å². The molecule has 0 aliphatic carbocycles. The summed E-state index contributed by atoms with van der Waals surface area (Å²) in [5, 5.41) is 3.31. The number of benzene rings is 2. The van der Waals surface area contributed by atoms with E-state index in [1.165, 1.54) is 6.07 Å². The third-order valence-corrected chi connectivity index (χ3v) is 8.67. The molecular weight excluding hydrogens is 543 g/mol. The highest BCUT2D eigenvalue weighted by molar-refractivity contribution is 7.92. The van der Waals surface area contributed by atoms with E-state index in [4.69, 9.17) is 30.7 Å². The minimum absolute atomic E-state index is 0.107. The van der Waals surface area contributed by atoms with Gasteiger partial charge in [0.15, 0.2) is 11.5 Å². The number of hydrogen-bond acceptors (Lipinski definition) is 9. The molecule has 0 spiro atoms. The number of nitrogens with two attached hydrogens (primary N) is 2. The number of anilines is 1. The summed E-state index contributed by atoms with van der Waals surface area (Å²) in [5.74, 6) is 0.481. The normalized spacial score (nSPS) is 12.0. The van der Waals surface area contributed by atoms with Crippen molar-refractivity contribution >= 4 is 50.6 Å². The Labute approximate surface area is 218 Å². The molecule has 1 aromatic heterocycles. The van der Waals surface area contributed by atoms with Crippen LogP contribution < -0.4 is 31.0 Å². The van der Waals surface area contributed by atoms with Gasteiger partial charge in [-0.3, -0.25) is 9.36 Å². The third kappa shape index (κ3) is 8.48. The number of amides is 1. The van der Waals surface area contributed by atoms with Crippen molar-refractivity contribution in [3.63, 3.8) is 0 Å². The third-order valence-electron chi connectivity index (χ3n) is 4.89. The van der Waals surface area contributed by atoms with Crippen molar-refractivity contribution < 1.29 is 37.0 Å². The van der Waals surface area contributed by atoms with Crippen molar-refractivity contribution in [3.8, 4) is 11.5 Å². The van der Waals surface area contributed by atoms with Crippen molar-refractivity contribution in [2.75, 3.05) is 37.9 Å². The lowest BCUT2D eigenvalue weighted by atomic mass is 10.1. The van der Waals surface area contributed by atoms with E-state index in [2.05, 4.69) is 5.32 Å². The Morgan fingerprint density at radius 3 is 2.30 bits per heavy atom. The molecule has 0 saturated carbocycles. The van der Waals surface area contributed by atoms with Crippen LogP contribution in [0.2, 0.25) is 0 Å². The van der Waals surface area contributed by atoms with Crippen molar-refractivity contribution in [1.82, 2.24) is 4.72 Å². The molecule has 0 fully saturated rings. The smallest absolute Gasteiger partial charge is 0.340 e. The number of thiophene rings is 1. The minimum Gasteiger partial charge on any atom is -0.490 e. The van der Waals surface area contributed by atoms with E-state index in [9.17, 15) is 17.8 Å². The number of carbonyl (C=O) groups is 1. The topological polar surface area (TPSA) is 203 Å². The number of carbonyl (C=O) groups excluding carboxylic acids is 1. The van der Waals surface area contributed by atoms with Crippen LogP contribution in [0.1, 0.15) is 23.2 Å². The second-order valence-electron chi connectivity index (χ2n) is 7.89. The zero-order chi connectivity index (χ0) is 27.1. The van der Waals surface area contributed by atoms with Crippen LogP contribution >= 0.6 is 18.9 Å². The van der Waals surface area contributed by atoms with Crippen LogP contribution in [0.5, 0.6) is 11.5 Å². The second kappa shape index (κ2) is 12.8. The molecule has 8 N–H and O–H groups in total. The van der Waals surface area contributed by atoms with E-state index in [-0.39, 0.29) is 4.21 Å². The Bertz CT molecular complexity index is 1390. The van der Waals surface area contributed by atoms with Crippen molar-refractivity contribution in [2.45, 2.75) is 17.1 Å². The number of hydrogen-bond donors (Lipinski definition) is 6. The van der Waals surface area contributed by atoms with E-state index in [1.54, 1.807) is 36.4 Å². The first-order valence-electron chi connectivity index (χ1n) is 11.2. The van der Waals surface area contributed by atoms with Gasteiger partial charge in [0, 0.05) is 16.0 Å². The average Bonchev–Trinajstić information content (AvgIpc) is 3.28. The largest absolute Gasteiger partial charge is 0.490 e. The van der Waals surface area contributed by atoms with Crippen LogP contribution in [0.25, 0.3) is 10.1 Å². The molecule has 15 heteroatoms. The van der Waals surface area contributed by atoms with Crippen molar-refractivity contribution in [1.29, 1.82) is 0 Å². The maximum Gasteiger partial charge on any atom is 0.340 e.